The lowest BCUT2D eigenvalue weighted by Gasteiger charge is -2.36. The summed E-state index contributed by atoms with van der Waals surface area (Å²) < 4.78 is 0. The summed E-state index contributed by atoms with van der Waals surface area (Å²) in [7, 11) is 0. The highest BCUT2D eigenvalue weighted by molar-refractivity contribution is 7.13. The lowest BCUT2D eigenvalue weighted by molar-refractivity contribution is 0.0691. The van der Waals surface area contributed by atoms with E-state index in [0.29, 0.717) is 12.6 Å². The Balaban J connectivity index is 2.17. The zero-order valence-electron chi connectivity index (χ0n) is 8.72. The van der Waals surface area contributed by atoms with Crippen LogP contribution >= 0.6 is 11.3 Å². The number of anilines is 1. The maximum atomic E-state index is 10.7. The van der Waals surface area contributed by atoms with Crippen molar-refractivity contribution in [3.05, 3.63) is 11.1 Å². The van der Waals surface area contributed by atoms with Crippen LogP contribution in [-0.2, 0) is 0 Å². The molecule has 1 N–H and O–H groups in total. The van der Waals surface area contributed by atoms with Gasteiger partial charge < -0.3 is 10.0 Å². The highest BCUT2D eigenvalue weighted by Gasteiger charge is 2.26. The summed E-state index contributed by atoms with van der Waals surface area (Å²) in [5.41, 5.74) is 0.0985. The van der Waals surface area contributed by atoms with Gasteiger partial charge in [0.1, 0.15) is 0 Å². The van der Waals surface area contributed by atoms with Gasteiger partial charge >= 0.3 is 5.97 Å². The first kappa shape index (κ1) is 11.0. The molecule has 1 saturated carbocycles. The van der Waals surface area contributed by atoms with Crippen molar-refractivity contribution >= 4 is 22.4 Å². The molecule has 5 heteroatoms. The van der Waals surface area contributed by atoms with E-state index in [2.05, 4.69) is 10.9 Å². The Morgan fingerprint density at radius 3 is 2.94 bits per heavy atom. The molecule has 16 heavy (non-hydrogen) atoms. The highest BCUT2D eigenvalue weighted by Crippen LogP contribution is 2.31. The van der Waals surface area contributed by atoms with Gasteiger partial charge in [-0.2, -0.15) is 0 Å². The first-order valence-corrected chi connectivity index (χ1v) is 5.99. The Kier molecular flexibility index (Phi) is 3.11. The highest BCUT2D eigenvalue weighted by atomic mass is 32.1. The fourth-order valence-electron chi connectivity index (χ4n) is 1.64. The van der Waals surface area contributed by atoms with Crippen molar-refractivity contribution in [1.29, 1.82) is 0 Å². The van der Waals surface area contributed by atoms with Crippen LogP contribution in [0.3, 0.4) is 0 Å². The van der Waals surface area contributed by atoms with E-state index in [1.54, 1.807) is 5.38 Å². The molecule has 1 aliphatic carbocycles. The quantitative estimate of drug-likeness (QED) is 0.810. The van der Waals surface area contributed by atoms with Crippen molar-refractivity contribution in [1.82, 2.24) is 4.98 Å². The molecule has 0 atom stereocenters. The fraction of sp³-hybridized carbons (Fsp3) is 0.455. The van der Waals surface area contributed by atoms with Crippen LogP contribution in [-0.4, -0.2) is 28.6 Å². The molecule has 1 aromatic heterocycles. The van der Waals surface area contributed by atoms with Crippen LogP contribution in [0.1, 0.15) is 29.8 Å². The minimum atomic E-state index is -0.989. The molecular weight excluding hydrogens is 224 g/mol. The van der Waals surface area contributed by atoms with Gasteiger partial charge in [0.05, 0.1) is 6.54 Å². The second kappa shape index (κ2) is 4.54. The van der Waals surface area contributed by atoms with Gasteiger partial charge in [-0.1, -0.05) is 5.92 Å². The number of hydrogen-bond acceptors (Lipinski definition) is 4. The van der Waals surface area contributed by atoms with Crippen molar-refractivity contribution in [3.8, 4) is 12.3 Å². The van der Waals surface area contributed by atoms with Gasteiger partial charge in [-0.3, -0.25) is 0 Å². The Hall–Kier alpha value is -1.54. The average molecular weight is 236 g/mol. The summed E-state index contributed by atoms with van der Waals surface area (Å²) in [6, 6.07) is 0.434. The molecule has 1 aromatic rings. The van der Waals surface area contributed by atoms with Crippen LogP contribution in [0.2, 0.25) is 0 Å². The number of nitrogens with zero attached hydrogens (tertiary/aromatic N) is 2. The molecule has 0 saturated heterocycles. The first-order chi connectivity index (χ1) is 7.72. The number of carboxylic acids is 1. The van der Waals surface area contributed by atoms with Crippen molar-refractivity contribution in [2.24, 2.45) is 0 Å². The fourth-order valence-corrected chi connectivity index (χ4v) is 2.51. The molecule has 0 amide bonds. The summed E-state index contributed by atoms with van der Waals surface area (Å²) in [5.74, 6) is 1.61. The topological polar surface area (TPSA) is 53.4 Å². The molecule has 0 bridgehead atoms. The number of terminal acetylenes is 1. The largest absolute Gasteiger partial charge is 0.476 e. The normalized spacial score (nSPS) is 15.2. The van der Waals surface area contributed by atoms with Gasteiger partial charge in [-0.15, -0.1) is 17.8 Å². The van der Waals surface area contributed by atoms with Gasteiger partial charge in [-0.25, -0.2) is 9.78 Å². The smallest absolute Gasteiger partial charge is 0.355 e. The number of aromatic nitrogens is 1. The van der Waals surface area contributed by atoms with Crippen molar-refractivity contribution in [2.45, 2.75) is 25.3 Å². The Morgan fingerprint density at radius 1 is 1.75 bits per heavy atom. The zero-order chi connectivity index (χ0) is 11.5. The molecule has 1 aliphatic rings. The molecule has 0 aromatic carbocycles. The van der Waals surface area contributed by atoms with E-state index in [0.717, 1.165) is 18.0 Å². The lowest BCUT2D eigenvalue weighted by Crippen LogP contribution is -2.40. The molecule has 2 rings (SSSR count). The monoisotopic (exact) mass is 236 g/mol. The number of carboxylic acid groups (broad SMARTS) is 1. The molecular formula is C11H12N2O2S. The van der Waals surface area contributed by atoms with Gasteiger partial charge in [0.25, 0.3) is 0 Å². The lowest BCUT2D eigenvalue weighted by atomic mass is 9.92. The first-order valence-electron chi connectivity index (χ1n) is 5.11. The number of rotatable bonds is 4. The third-order valence-corrected chi connectivity index (χ3v) is 3.61. The second-order valence-corrected chi connectivity index (χ2v) is 4.57. The van der Waals surface area contributed by atoms with Gasteiger partial charge in [-0.05, 0) is 19.3 Å². The minimum absolute atomic E-state index is 0.0985. The molecule has 84 valence electrons. The summed E-state index contributed by atoms with van der Waals surface area (Å²) in [6.07, 6.45) is 8.76. The van der Waals surface area contributed by atoms with Crippen LogP contribution in [0, 0.1) is 12.3 Å². The molecule has 0 unspecified atom stereocenters. The average Bonchev–Trinajstić information content (AvgIpc) is 2.62. The molecule has 1 fully saturated rings. The number of aromatic carboxylic acids is 1. The van der Waals surface area contributed by atoms with Crippen molar-refractivity contribution < 1.29 is 9.90 Å². The number of hydrogen-bond donors (Lipinski definition) is 1. The minimum Gasteiger partial charge on any atom is -0.476 e. The van der Waals surface area contributed by atoms with E-state index < -0.39 is 5.97 Å². The van der Waals surface area contributed by atoms with Gasteiger partial charge in [0.2, 0.25) is 0 Å². The van der Waals surface area contributed by atoms with Crippen molar-refractivity contribution in [2.75, 3.05) is 11.4 Å². The van der Waals surface area contributed by atoms with Gasteiger partial charge in [0, 0.05) is 11.4 Å². The van der Waals surface area contributed by atoms with Crippen LogP contribution in [0.4, 0.5) is 5.13 Å². The predicted octanol–water partition coefficient (Wildman–Crippen LogP) is 1.83. The van der Waals surface area contributed by atoms with E-state index in [1.807, 2.05) is 4.90 Å². The standard InChI is InChI=1S/C11H12N2O2S/c1-2-6-13(8-4-3-5-8)11-12-9(7-16-11)10(14)15/h1,7-8H,3-6H2,(H,14,15). The van der Waals surface area contributed by atoms with Crippen LogP contribution in [0.25, 0.3) is 0 Å². The predicted molar refractivity (Wildman–Crippen MR) is 62.9 cm³/mol. The third-order valence-electron chi connectivity index (χ3n) is 2.73. The SMILES string of the molecule is C#CCN(c1nc(C(=O)O)cs1)C1CCC1. The summed E-state index contributed by atoms with van der Waals surface area (Å²) in [5, 5.41) is 11.1. The molecule has 1 heterocycles. The molecule has 4 nitrogen and oxygen atoms in total. The maximum absolute atomic E-state index is 10.7. The molecule has 0 aliphatic heterocycles. The number of carbonyl (C=O) groups is 1. The van der Waals surface area contributed by atoms with Crippen molar-refractivity contribution in [3.63, 3.8) is 0 Å². The van der Waals surface area contributed by atoms with Gasteiger partial charge in [0.15, 0.2) is 10.8 Å². The van der Waals surface area contributed by atoms with E-state index in [4.69, 9.17) is 11.5 Å². The summed E-state index contributed by atoms with van der Waals surface area (Å²) in [6.45, 7) is 0.497. The molecule has 0 spiro atoms. The summed E-state index contributed by atoms with van der Waals surface area (Å²) in [4.78, 5) is 16.8. The van der Waals surface area contributed by atoms with Crippen LogP contribution in [0.5, 0.6) is 0 Å². The van der Waals surface area contributed by atoms with E-state index in [1.165, 1.54) is 17.8 Å². The third kappa shape index (κ3) is 2.02. The van der Waals surface area contributed by atoms with Crippen LogP contribution in [0.15, 0.2) is 5.38 Å². The van der Waals surface area contributed by atoms with E-state index in [9.17, 15) is 4.79 Å². The van der Waals surface area contributed by atoms with E-state index in [-0.39, 0.29) is 5.69 Å². The Bertz CT molecular complexity index is 431. The summed E-state index contributed by atoms with van der Waals surface area (Å²) >= 11 is 1.34. The Morgan fingerprint density at radius 2 is 2.50 bits per heavy atom. The Labute approximate surface area is 97.9 Å². The van der Waals surface area contributed by atoms with E-state index >= 15 is 0 Å². The molecule has 0 radical (unpaired) electrons. The second-order valence-electron chi connectivity index (χ2n) is 3.74. The van der Waals surface area contributed by atoms with Crippen LogP contribution < -0.4 is 4.90 Å². The maximum Gasteiger partial charge on any atom is 0.355 e. The zero-order valence-corrected chi connectivity index (χ0v) is 9.54. The number of thiazole rings is 1.